The van der Waals surface area contributed by atoms with Gasteiger partial charge in [0.1, 0.15) is 11.3 Å². The van der Waals surface area contributed by atoms with E-state index in [1.165, 1.54) is 43.5 Å². The highest BCUT2D eigenvalue weighted by atomic mass is 35.5. The molecule has 3 atom stereocenters. The van der Waals surface area contributed by atoms with E-state index in [1.54, 1.807) is 0 Å². The van der Waals surface area contributed by atoms with Crippen LogP contribution in [0.2, 0.25) is 0 Å². The van der Waals surface area contributed by atoms with E-state index >= 15 is 0 Å². The van der Waals surface area contributed by atoms with Gasteiger partial charge in [0.2, 0.25) is 0 Å². The molecule has 2 nitrogen and oxygen atoms in total. The van der Waals surface area contributed by atoms with E-state index in [1.807, 2.05) is 0 Å². The van der Waals surface area contributed by atoms with Crippen molar-refractivity contribution in [1.29, 1.82) is 0 Å². The summed E-state index contributed by atoms with van der Waals surface area (Å²) in [6.45, 7) is 0. The molecule has 4 fully saturated rings. The smallest absolute Gasteiger partial charge is 0.133 e. The summed E-state index contributed by atoms with van der Waals surface area (Å²) in [7, 11) is 0. The fourth-order valence-corrected chi connectivity index (χ4v) is 5.61. The maximum atomic E-state index is 6.87. The van der Waals surface area contributed by atoms with Crippen LogP contribution in [-0.2, 0) is 0 Å². The van der Waals surface area contributed by atoms with Crippen molar-refractivity contribution >= 4 is 23.1 Å². The normalized spacial score (nSPS) is 41.0. The van der Waals surface area contributed by atoms with E-state index < -0.39 is 0 Å². The number of benzene rings is 1. The lowest BCUT2D eigenvalue weighted by molar-refractivity contribution is 0.126. The Labute approximate surface area is 124 Å². The summed E-state index contributed by atoms with van der Waals surface area (Å²) in [6.07, 6.45) is 6.80. The van der Waals surface area contributed by atoms with Gasteiger partial charge in [-0.25, -0.2) is 4.99 Å². The Morgan fingerprint density at radius 3 is 2.55 bits per heavy atom. The van der Waals surface area contributed by atoms with Crippen LogP contribution in [0.15, 0.2) is 29.3 Å². The average molecular weight is 287 g/mol. The van der Waals surface area contributed by atoms with E-state index in [9.17, 15) is 0 Å². The van der Waals surface area contributed by atoms with Crippen molar-refractivity contribution in [3.05, 3.63) is 29.8 Å². The molecule has 6 rings (SSSR count). The first-order valence-electron chi connectivity index (χ1n) is 7.89. The summed E-state index contributed by atoms with van der Waals surface area (Å²) in [4.78, 5) is 7.51. The van der Waals surface area contributed by atoms with Crippen molar-refractivity contribution in [3.8, 4) is 0 Å². The van der Waals surface area contributed by atoms with E-state index in [2.05, 4.69) is 29.2 Å². The Kier molecular flexibility index (Phi) is 2.33. The van der Waals surface area contributed by atoms with Crippen LogP contribution in [0.5, 0.6) is 0 Å². The molecule has 4 bridgehead atoms. The molecule has 1 aromatic rings. The standard InChI is InChI=1S/C17H19ClN2/c18-16-14-3-1-2-4-15(14)19-17-12-6-10-5-11(7-12)9-13(8-10)20(16)17/h1-4,10-13,16H,5-9H2. The molecule has 2 aliphatic carbocycles. The molecule has 0 N–H and O–H groups in total. The molecule has 2 saturated heterocycles. The van der Waals surface area contributed by atoms with Gasteiger partial charge < -0.3 is 4.90 Å². The highest BCUT2D eigenvalue weighted by Gasteiger charge is 2.48. The SMILES string of the molecule is ClC1c2ccccc2N=C2C3CC4CC(C3)CC(C4)N21. The molecule has 3 aliphatic heterocycles. The number of para-hydroxylation sites is 1. The lowest BCUT2D eigenvalue weighted by Gasteiger charge is -2.41. The number of alkyl halides is 1. The van der Waals surface area contributed by atoms with Gasteiger partial charge in [0.05, 0.1) is 5.69 Å². The van der Waals surface area contributed by atoms with Crippen LogP contribution >= 0.6 is 11.6 Å². The van der Waals surface area contributed by atoms with Crippen molar-refractivity contribution in [1.82, 2.24) is 4.90 Å². The lowest BCUT2D eigenvalue weighted by atomic mass is 9.68. The van der Waals surface area contributed by atoms with Gasteiger partial charge >= 0.3 is 0 Å². The summed E-state index contributed by atoms with van der Waals surface area (Å²) in [5.74, 6) is 3.79. The first-order chi connectivity index (χ1) is 9.79. The number of halogens is 1. The number of hydrogen-bond acceptors (Lipinski definition) is 2. The van der Waals surface area contributed by atoms with Crippen molar-refractivity contribution in [2.24, 2.45) is 22.7 Å². The maximum absolute atomic E-state index is 6.87. The van der Waals surface area contributed by atoms with Gasteiger partial charge in [-0.15, -0.1) is 0 Å². The predicted octanol–water partition coefficient (Wildman–Crippen LogP) is 4.48. The summed E-state index contributed by atoms with van der Waals surface area (Å²) in [5, 5.41) is 0. The zero-order chi connectivity index (χ0) is 13.3. The number of aliphatic imine (C=N–C) groups is 1. The predicted molar refractivity (Wildman–Crippen MR) is 81.3 cm³/mol. The Bertz CT molecular complexity index is 582. The maximum Gasteiger partial charge on any atom is 0.133 e. The van der Waals surface area contributed by atoms with Crippen LogP contribution in [0.1, 0.15) is 43.2 Å². The third-order valence-corrected chi connectivity index (χ3v) is 6.25. The zero-order valence-electron chi connectivity index (χ0n) is 11.5. The minimum atomic E-state index is -0.0122. The highest BCUT2D eigenvalue weighted by Crippen LogP contribution is 2.53. The molecule has 20 heavy (non-hydrogen) atoms. The Hall–Kier alpha value is -1.02. The molecule has 0 amide bonds. The number of hydrogen-bond donors (Lipinski definition) is 0. The van der Waals surface area contributed by atoms with Gasteiger partial charge in [-0.2, -0.15) is 0 Å². The Balaban J connectivity index is 1.69. The van der Waals surface area contributed by atoms with Gasteiger partial charge in [0.15, 0.2) is 0 Å². The largest absolute Gasteiger partial charge is 0.336 e. The Morgan fingerprint density at radius 2 is 1.75 bits per heavy atom. The number of nitrogens with zero attached hydrogens (tertiary/aromatic N) is 2. The number of amidine groups is 1. The average Bonchev–Trinajstić information content (AvgIpc) is 2.61. The highest BCUT2D eigenvalue weighted by molar-refractivity contribution is 6.22. The van der Waals surface area contributed by atoms with Crippen molar-refractivity contribution in [3.63, 3.8) is 0 Å². The molecule has 0 radical (unpaired) electrons. The lowest BCUT2D eigenvalue weighted by Crippen LogP contribution is -2.43. The molecule has 2 saturated carbocycles. The van der Waals surface area contributed by atoms with E-state index in [0.29, 0.717) is 12.0 Å². The second-order valence-corrected chi connectivity index (χ2v) is 7.45. The monoisotopic (exact) mass is 286 g/mol. The second-order valence-electron chi connectivity index (χ2n) is 7.03. The summed E-state index contributed by atoms with van der Waals surface area (Å²) in [6, 6.07) is 9.03. The third-order valence-electron chi connectivity index (χ3n) is 5.81. The van der Waals surface area contributed by atoms with Gasteiger partial charge in [0, 0.05) is 17.5 Å². The van der Waals surface area contributed by atoms with Crippen molar-refractivity contribution in [2.75, 3.05) is 0 Å². The van der Waals surface area contributed by atoms with Crippen LogP contribution < -0.4 is 0 Å². The van der Waals surface area contributed by atoms with Crippen LogP contribution in [0, 0.1) is 17.8 Å². The minimum Gasteiger partial charge on any atom is -0.336 e. The molecular weight excluding hydrogens is 268 g/mol. The van der Waals surface area contributed by atoms with Gasteiger partial charge in [-0.3, -0.25) is 0 Å². The van der Waals surface area contributed by atoms with E-state index in [-0.39, 0.29) is 5.50 Å². The fraction of sp³-hybridized carbons (Fsp3) is 0.588. The van der Waals surface area contributed by atoms with Gasteiger partial charge in [-0.1, -0.05) is 29.8 Å². The number of rotatable bonds is 0. The molecule has 5 aliphatic rings. The molecule has 3 heteroatoms. The second kappa shape index (κ2) is 4.00. The topological polar surface area (TPSA) is 15.6 Å². The summed E-state index contributed by atoms with van der Waals surface area (Å²) in [5.41, 5.74) is 2.28. The van der Waals surface area contributed by atoms with Gasteiger partial charge in [-0.05, 0) is 50.0 Å². The van der Waals surface area contributed by atoms with Gasteiger partial charge in [0.25, 0.3) is 0 Å². The van der Waals surface area contributed by atoms with Crippen LogP contribution in [0.3, 0.4) is 0 Å². The van der Waals surface area contributed by atoms with Crippen LogP contribution in [-0.4, -0.2) is 16.8 Å². The van der Waals surface area contributed by atoms with E-state index in [4.69, 9.17) is 16.6 Å². The molecule has 0 aromatic heterocycles. The third kappa shape index (κ3) is 1.49. The van der Waals surface area contributed by atoms with Crippen molar-refractivity contribution < 1.29 is 0 Å². The quantitative estimate of drug-likeness (QED) is 0.507. The fourth-order valence-electron chi connectivity index (χ4n) is 5.17. The van der Waals surface area contributed by atoms with E-state index in [0.717, 1.165) is 17.5 Å². The number of fused-ring (bicyclic) bond motifs is 1. The minimum absolute atomic E-state index is 0.0122. The first-order valence-corrected chi connectivity index (χ1v) is 8.33. The molecule has 3 unspecified atom stereocenters. The molecular formula is C17H19ClN2. The zero-order valence-corrected chi connectivity index (χ0v) is 12.3. The first kappa shape index (κ1) is 11.6. The molecule has 3 heterocycles. The van der Waals surface area contributed by atoms with Crippen LogP contribution in [0.25, 0.3) is 0 Å². The molecule has 104 valence electrons. The Morgan fingerprint density at radius 1 is 1.00 bits per heavy atom. The molecule has 0 spiro atoms. The summed E-state index contributed by atoms with van der Waals surface area (Å²) >= 11 is 6.87. The van der Waals surface area contributed by atoms with Crippen LogP contribution in [0.4, 0.5) is 5.69 Å². The molecule has 1 aromatic carbocycles. The summed E-state index contributed by atoms with van der Waals surface area (Å²) < 4.78 is 0. The van der Waals surface area contributed by atoms with Crippen molar-refractivity contribution in [2.45, 2.75) is 43.6 Å².